The zero-order valence-electron chi connectivity index (χ0n) is 18.6. The van der Waals surface area contributed by atoms with Crippen LogP contribution in [0.1, 0.15) is 29.5 Å². The average molecular weight is 447 g/mol. The average Bonchev–Trinajstić information content (AvgIpc) is 2.86. The molecule has 0 aliphatic carbocycles. The standard InChI is InChI=1S/C27H30N2O4/c28-25(18-21-13-15-24(16-14-21)32-19-22-8-3-1-4-9-22)26(30)12-7-17-29-27(31)33-20-23-10-5-2-6-11-23/h1-6,8-11,13-16,25H,7,12,17-20,28H2,(H,29,31). The summed E-state index contributed by atoms with van der Waals surface area (Å²) < 4.78 is 10.9. The summed E-state index contributed by atoms with van der Waals surface area (Å²) in [4.78, 5) is 24.1. The molecule has 1 amide bonds. The summed E-state index contributed by atoms with van der Waals surface area (Å²) in [6.45, 7) is 1.08. The van der Waals surface area contributed by atoms with Crippen LogP contribution in [-0.2, 0) is 29.2 Å². The van der Waals surface area contributed by atoms with Gasteiger partial charge in [0.15, 0.2) is 0 Å². The van der Waals surface area contributed by atoms with Crippen molar-refractivity contribution in [2.75, 3.05) is 6.54 Å². The summed E-state index contributed by atoms with van der Waals surface area (Å²) in [7, 11) is 0. The minimum atomic E-state index is -0.578. The molecule has 0 spiro atoms. The number of benzene rings is 3. The van der Waals surface area contributed by atoms with Gasteiger partial charge in [0.05, 0.1) is 6.04 Å². The molecule has 0 heterocycles. The summed E-state index contributed by atoms with van der Waals surface area (Å²) in [6.07, 6.45) is 0.785. The summed E-state index contributed by atoms with van der Waals surface area (Å²) in [6, 6.07) is 26.5. The molecular formula is C27H30N2O4. The molecule has 0 saturated heterocycles. The number of carbonyl (C=O) groups excluding carboxylic acids is 2. The third-order valence-electron chi connectivity index (χ3n) is 5.12. The Hall–Kier alpha value is -3.64. The number of nitrogens with one attached hydrogen (secondary N) is 1. The second kappa shape index (κ2) is 13.0. The van der Waals surface area contributed by atoms with E-state index in [1.54, 1.807) is 0 Å². The predicted octanol–water partition coefficient (Wildman–Crippen LogP) is 4.41. The molecule has 0 bridgehead atoms. The lowest BCUT2D eigenvalue weighted by molar-refractivity contribution is -0.120. The van der Waals surface area contributed by atoms with Gasteiger partial charge in [-0.1, -0.05) is 72.8 Å². The van der Waals surface area contributed by atoms with Gasteiger partial charge in [-0.15, -0.1) is 0 Å². The van der Waals surface area contributed by atoms with Crippen molar-refractivity contribution in [1.29, 1.82) is 0 Å². The molecule has 0 aromatic heterocycles. The Morgan fingerprint density at radius 3 is 2.03 bits per heavy atom. The van der Waals surface area contributed by atoms with Crippen molar-refractivity contribution in [3.05, 3.63) is 102 Å². The number of nitrogens with two attached hydrogens (primary N) is 1. The van der Waals surface area contributed by atoms with Crippen LogP contribution >= 0.6 is 0 Å². The molecule has 0 fully saturated rings. The second-order valence-electron chi connectivity index (χ2n) is 7.79. The lowest BCUT2D eigenvalue weighted by Gasteiger charge is -2.12. The van der Waals surface area contributed by atoms with Gasteiger partial charge in [0, 0.05) is 13.0 Å². The number of ketones is 1. The fraction of sp³-hybridized carbons (Fsp3) is 0.259. The van der Waals surface area contributed by atoms with Gasteiger partial charge in [-0.2, -0.15) is 0 Å². The van der Waals surface area contributed by atoms with Crippen LogP contribution in [0.15, 0.2) is 84.9 Å². The largest absolute Gasteiger partial charge is 0.489 e. The molecule has 6 heteroatoms. The zero-order chi connectivity index (χ0) is 23.3. The van der Waals surface area contributed by atoms with E-state index in [0.717, 1.165) is 22.4 Å². The number of Topliss-reactive ketones (excluding diaryl/α,β-unsaturated/α-hetero) is 1. The third kappa shape index (κ3) is 8.79. The van der Waals surface area contributed by atoms with Crippen LogP contribution in [0, 0.1) is 0 Å². The number of hydrogen-bond donors (Lipinski definition) is 2. The molecule has 33 heavy (non-hydrogen) atoms. The zero-order valence-corrected chi connectivity index (χ0v) is 18.6. The Bertz CT molecular complexity index is 992. The Balaban J connectivity index is 1.30. The van der Waals surface area contributed by atoms with Gasteiger partial charge >= 0.3 is 6.09 Å². The molecule has 0 aliphatic rings. The van der Waals surface area contributed by atoms with E-state index < -0.39 is 12.1 Å². The van der Waals surface area contributed by atoms with Gasteiger partial charge in [-0.25, -0.2) is 4.79 Å². The van der Waals surface area contributed by atoms with Crippen LogP contribution in [0.4, 0.5) is 4.79 Å². The van der Waals surface area contributed by atoms with Gasteiger partial charge in [0.1, 0.15) is 24.7 Å². The van der Waals surface area contributed by atoms with Crippen LogP contribution in [0.3, 0.4) is 0 Å². The van der Waals surface area contributed by atoms with E-state index >= 15 is 0 Å². The summed E-state index contributed by atoms with van der Waals surface area (Å²) >= 11 is 0. The maximum atomic E-state index is 12.3. The first-order valence-electron chi connectivity index (χ1n) is 11.1. The Kier molecular flexibility index (Phi) is 9.48. The highest BCUT2D eigenvalue weighted by Crippen LogP contribution is 2.15. The highest BCUT2D eigenvalue weighted by atomic mass is 16.5. The van der Waals surface area contributed by atoms with Crippen LogP contribution in [-0.4, -0.2) is 24.5 Å². The molecule has 6 nitrogen and oxygen atoms in total. The predicted molar refractivity (Wildman–Crippen MR) is 128 cm³/mol. The fourth-order valence-electron chi connectivity index (χ4n) is 3.24. The van der Waals surface area contributed by atoms with E-state index in [-0.39, 0.29) is 12.4 Å². The number of ether oxygens (including phenoxy) is 2. The topological polar surface area (TPSA) is 90.6 Å². The first-order valence-corrected chi connectivity index (χ1v) is 11.1. The number of alkyl carbamates (subject to hydrolysis) is 1. The quantitative estimate of drug-likeness (QED) is 0.402. The number of carbonyl (C=O) groups is 2. The highest BCUT2D eigenvalue weighted by Gasteiger charge is 2.14. The molecular weight excluding hydrogens is 416 g/mol. The van der Waals surface area contributed by atoms with Crippen LogP contribution in [0.5, 0.6) is 5.75 Å². The minimum absolute atomic E-state index is 0.0288. The van der Waals surface area contributed by atoms with E-state index in [9.17, 15) is 9.59 Å². The fourth-order valence-corrected chi connectivity index (χ4v) is 3.24. The Morgan fingerprint density at radius 2 is 1.39 bits per heavy atom. The van der Waals surface area contributed by atoms with Crippen molar-refractivity contribution >= 4 is 11.9 Å². The molecule has 0 radical (unpaired) electrons. The summed E-state index contributed by atoms with van der Waals surface area (Å²) in [5.74, 6) is 0.742. The van der Waals surface area contributed by atoms with E-state index in [4.69, 9.17) is 15.2 Å². The number of hydrogen-bond acceptors (Lipinski definition) is 5. The van der Waals surface area contributed by atoms with Crippen molar-refractivity contribution < 1.29 is 19.1 Å². The molecule has 3 aromatic rings. The van der Waals surface area contributed by atoms with Gasteiger partial charge < -0.3 is 20.5 Å². The molecule has 1 atom stereocenters. The molecule has 0 aliphatic heterocycles. The first-order chi connectivity index (χ1) is 16.1. The van der Waals surface area contributed by atoms with Crippen molar-refractivity contribution in [3.8, 4) is 5.75 Å². The maximum absolute atomic E-state index is 12.3. The minimum Gasteiger partial charge on any atom is -0.489 e. The Morgan fingerprint density at radius 1 is 0.788 bits per heavy atom. The van der Waals surface area contributed by atoms with Crippen LogP contribution in [0.2, 0.25) is 0 Å². The van der Waals surface area contributed by atoms with E-state index in [0.29, 0.717) is 32.4 Å². The lowest BCUT2D eigenvalue weighted by atomic mass is 10.0. The molecule has 3 N–H and O–H groups in total. The lowest BCUT2D eigenvalue weighted by Crippen LogP contribution is -2.33. The molecule has 3 aromatic carbocycles. The first kappa shape index (κ1) is 24.0. The molecule has 3 rings (SSSR count). The molecule has 172 valence electrons. The van der Waals surface area contributed by atoms with Gasteiger partial charge in [0.25, 0.3) is 0 Å². The number of amides is 1. The van der Waals surface area contributed by atoms with Crippen molar-refractivity contribution in [1.82, 2.24) is 5.32 Å². The Labute approximate surface area is 194 Å². The van der Waals surface area contributed by atoms with Crippen molar-refractivity contribution in [2.24, 2.45) is 5.73 Å². The van der Waals surface area contributed by atoms with E-state index in [2.05, 4.69) is 5.32 Å². The number of rotatable bonds is 12. The van der Waals surface area contributed by atoms with Gasteiger partial charge in [-0.3, -0.25) is 4.79 Å². The second-order valence-corrected chi connectivity index (χ2v) is 7.79. The smallest absolute Gasteiger partial charge is 0.407 e. The SMILES string of the molecule is NC(Cc1ccc(OCc2ccccc2)cc1)C(=O)CCCNC(=O)OCc1ccccc1. The molecule has 0 saturated carbocycles. The summed E-state index contributed by atoms with van der Waals surface area (Å²) in [5.41, 5.74) is 9.09. The van der Waals surface area contributed by atoms with Crippen LogP contribution < -0.4 is 15.8 Å². The van der Waals surface area contributed by atoms with E-state index in [1.807, 2.05) is 84.9 Å². The van der Waals surface area contributed by atoms with Crippen molar-refractivity contribution in [2.45, 2.75) is 38.5 Å². The molecule has 1 unspecified atom stereocenters. The van der Waals surface area contributed by atoms with E-state index in [1.165, 1.54) is 0 Å². The van der Waals surface area contributed by atoms with Crippen LogP contribution in [0.25, 0.3) is 0 Å². The van der Waals surface area contributed by atoms with Gasteiger partial charge in [0.2, 0.25) is 0 Å². The monoisotopic (exact) mass is 446 g/mol. The summed E-state index contributed by atoms with van der Waals surface area (Å²) in [5, 5.41) is 2.66. The van der Waals surface area contributed by atoms with Gasteiger partial charge in [-0.05, 0) is 41.7 Å². The van der Waals surface area contributed by atoms with Crippen molar-refractivity contribution in [3.63, 3.8) is 0 Å². The normalized spacial score (nSPS) is 11.4. The third-order valence-corrected chi connectivity index (χ3v) is 5.12. The highest BCUT2D eigenvalue weighted by molar-refractivity contribution is 5.84. The maximum Gasteiger partial charge on any atom is 0.407 e.